The van der Waals surface area contributed by atoms with E-state index < -0.39 is 12.7 Å². The second-order valence-corrected chi connectivity index (χ2v) is 2.83. The van der Waals surface area contributed by atoms with Crippen molar-refractivity contribution in [2.75, 3.05) is 0 Å². The molecule has 0 aromatic heterocycles. The minimum atomic E-state index is -2.86. The quantitative estimate of drug-likeness (QED) is 0.834. The number of alkyl halides is 2. The summed E-state index contributed by atoms with van der Waals surface area (Å²) in [6, 6.07) is 7.34. The molecule has 0 radical (unpaired) electrons. The van der Waals surface area contributed by atoms with E-state index in [1.54, 1.807) is 0 Å². The normalized spacial score (nSPS) is 12.2. The van der Waals surface area contributed by atoms with Gasteiger partial charge in [0, 0.05) is 0 Å². The van der Waals surface area contributed by atoms with Crippen LogP contribution in [0.4, 0.5) is 8.78 Å². The number of rotatable bonds is 4. The molecular formula is C10H9F2NO2. The highest BCUT2D eigenvalue weighted by molar-refractivity contribution is 5.28. The lowest BCUT2D eigenvalue weighted by molar-refractivity contribution is -0.0498. The zero-order chi connectivity index (χ0) is 11.3. The molecular weight excluding hydrogens is 204 g/mol. The first kappa shape index (κ1) is 11.4. The van der Waals surface area contributed by atoms with Gasteiger partial charge in [0.15, 0.2) is 0 Å². The fourth-order valence-corrected chi connectivity index (χ4v) is 1.08. The van der Waals surface area contributed by atoms with Crippen LogP contribution in [-0.2, 0) is 0 Å². The molecule has 3 nitrogen and oxygen atoms in total. The van der Waals surface area contributed by atoms with Crippen LogP contribution in [0.15, 0.2) is 24.3 Å². The Kier molecular flexibility index (Phi) is 4.01. The smallest absolute Gasteiger partial charge is 0.387 e. The van der Waals surface area contributed by atoms with E-state index in [-0.39, 0.29) is 12.2 Å². The number of hydrogen-bond acceptors (Lipinski definition) is 3. The molecule has 80 valence electrons. The van der Waals surface area contributed by atoms with E-state index in [1.165, 1.54) is 24.3 Å². The second kappa shape index (κ2) is 5.27. The average molecular weight is 213 g/mol. The van der Waals surface area contributed by atoms with Gasteiger partial charge in [0.05, 0.1) is 18.6 Å². The standard InChI is InChI=1S/C10H9F2NO2/c11-10(12)15-8-3-1-7(2-4-8)9(14)5-6-13/h1-4,9-10,14H,5H2. The van der Waals surface area contributed by atoms with Gasteiger partial charge in [-0.15, -0.1) is 0 Å². The summed E-state index contributed by atoms with van der Waals surface area (Å²) in [7, 11) is 0. The van der Waals surface area contributed by atoms with E-state index in [1.807, 2.05) is 6.07 Å². The molecule has 1 atom stereocenters. The Bertz CT molecular complexity index is 345. The van der Waals surface area contributed by atoms with Gasteiger partial charge in [-0.25, -0.2) is 0 Å². The SMILES string of the molecule is N#CCC(O)c1ccc(OC(F)F)cc1. The minimum absolute atomic E-state index is 0.0258. The number of aliphatic hydroxyl groups excluding tert-OH is 1. The molecule has 1 unspecified atom stereocenters. The van der Waals surface area contributed by atoms with Crippen molar-refractivity contribution in [2.24, 2.45) is 0 Å². The van der Waals surface area contributed by atoms with Crippen LogP contribution in [0.2, 0.25) is 0 Å². The first-order chi connectivity index (χ1) is 7.13. The molecule has 0 saturated carbocycles. The third-order valence-corrected chi connectivity index (χ3v) is 1.77. The highest BCUT2D eigenvalue weighted by atomic mass is 19.3. The maximum Gasteiger partial charge on any atom is 0.387 e. The van der Waals surface area contributed by atoms with Crippen molar-refractivity contribution in [1.29, 1.82) is 5.26 Å². The average Bonchev–Trinajstić information content (AvgIpc) is 2.18. The summed E-state index contributed by atoms with van der Waals surface area (Å²) in [5.41, 5.74) is 0.498. The van der Waals surface area contributed by atoms with Gasteiger partial charge in [0.1, 0.15) is 5.75 Å². The Morgan fingerprint density at radius 2 is 1.93 bits per heavy atom. The molecule has 1 aromatic rings. The van der Waals surface area contributed by atoms with Crippen LogP contribution in [0.25, 0.3) is 0 Å². The van der Waals surface area contributed by atoms with Gasteiger partial charge >= 0.3 is 6.61 Å². The van der Waals surface area contributed by atoms with Gasteiger partial charge in [-0.1, -0.05) is 12.1 Å². The van der Waals surface area contributed by atoms with Gasteiger partial charge in [-0.05, 0) is 17.7 Å². The number of nitrogens with zero attached hydrogens (tertiary/aromatic N) is 1. The third-order valence-electron chi connectivity index (χ3n) is 1.77. The van der Waals surface area contributed by atoms with Crippen LogP contribution < -0.4 is 4.74 Å². The molecule has 0 spiro atoms. The summed E-state index contributed by atoms with van der Waals surface area (Å²) in [5.74, 6) is 0.0258. The third kappa shape index (κ3) is 3.52. The molecule has 0 aliphatic rings. The zero-order valence-corrected chi connectivity index (χ0v) is 7.73. The van der Waals surface area contributed by atoms with Crippen LogP contribution in [-0.4, -0.2) is 11.7 Å². The molecule has 5 heteroatoms. The topological polar surface area (TPSA) is 53.2 Å². The number of halogens is 2. The molecule has 0 heterocycles. The van der Waals surface area contributed by atoms with Gasteiger partial charge in [0.2, 0.25) is 0 Å². The van der Waals surface area contributed by atoms with Crippen LogP contribution >= 0.6 is 0 Å². The molecule has 0 fully saturated rings. The predicted molar refractivity (Wildman–Crippen MR) is 48.3 cm³/mol. The van der Waals surface area contributed by atoms with Crippen molar-refractivity contribution in [2.45, 2.75) is 19.1 Å². The fourth-order valence-electron chi connectivity index (χ4n) is 1.08. The number of aliphatic hydroxyl groups is 1. The zero-order valence-electron chi connectivity index (χ0n) is 7.73. The van der Waals surface area contributed by atoms with Gasteiger partial charge < -0.3 is 9.84 Å². The first-order valence-electron chi connectivity index (χ1n) is 4.23. The molecule has 0 bridgehead atoms. The van der Waals surface area contributed by atoms with Crippen molar-refractivity contribution in [3.05, 3.63) is 29.8 Å². The predicted octanol–water partition coefficient (Wildman–Crippen LogP) is 2.24. The summed E-state index contributed by atoms with van der Waals surface area (Å²) in [4.78, 5) is 0. The van der Waals surface area contributed by atoms with Crippen LogP contribution in [0, 0.1) is 11.3 Å². The van der Waals surface area contributed by atoms with E-state index in [2.05, 4.69) is 4.74 Å². The Hall–Kier alpha value is -1.67. The fraction of sp³-hybridized carbons (Fsp3) is 0.300. The van der Waals surface area contributed by atoms with Crippen molar-refractivity contribution in [3.63, 3.8) is 0 Å². The maximum absolute atomic E-state index is 11.8. The molecule has 0 aliphatic carbocycles. The molecule has 0 amide bonds. The lowest BCUT2D eigenvalue weighted by atomic mass is 10.1. The van der Waals surface area contributed by atoms with E-state index in [4.69, 9.17) is 5.26 Å². The van der Waals surface area contributed by atoms with Crippen molar-refractivity contribution < 1.29 is 18.6 Å². The summed E-state index contributed by atoms with van der Waals surface area (Å²) in [5, 5.41) is 17.7. The van der Waals surface area contributed by atoms with Crippen molar-refractivity contribution in [1.82, 2.24) is 0 Å². The number of hydrogen-bond donors (Lipinski definition) is 1. The van der Waals surface area contributed by atoms with Gasteiger partial charge in [-0.3, -0.25) is 0 Å². The van der Waals surface area contributed by atoms with Crippen LogP contribution in [0.5, 0.6) is 5.75 Å². The highest BCUT2D eigenvalue weighted by Gasteiger charge is 2.08. The van der Waals surface area contributed by atoms with Gasteiger partial charge in [-0.2, -0.15) is 14.0 Å². The summed E-state index contributed by atoms with van der Waals surface area (Å²) in [6.07, 6.45) is -0.926. The molecule has 1 N–H and O–H groups in total. The molecule has 0 saturated heterocycles. The monoisotopic (exact) mass is 213 g/mol. The van der Waals surface area contributed by atoms with E-state index in [0.29, 0.717) is 5.56 Å². The van der Waals surface area contributed by atoms with E-state index in [9.17, 15) is 13.9 Å². The van der Waals surface area contributed by atoms with Crippen molar-refractivity contribution >= 4 is 0 Å². The Labute approximate surface area is 85.5 Å². The molecule has 15 heavy (non-hydrogen) atoms. The Morgan fingerprint density at radius 1 is 1.33 bits per heavy atom. The lowest BCUT2D eigenvalue weighted by Crippen LogP contribution is -2.02. The van der Waals surface area contributed by atoms with Crippen LogP contribution in [0.3, 0.4) is 0 Å². The summed E-state index contributed by atoms with van der Waals surface area (Å²) in [6.45, 7) is -2.86. The van der Waals surface area contributed by atoms with E-state index >= 15 is 0 Å². The van der Waals surface area contributed by atoms with Crippen LogP contribution in [0.1, 0.15) is 18.1 Å². The molecule has 1 rings (SSSR count). The van der Waals surface area contributed by atoms with Crippen molar-refractivity contribution in [3.8, 4) is 11.8 Å². The molecule has 0 aliphatic heterocycles. The molecule has 1 aromatic carbocycles. The largest absolute Gasteiger partial charge is 0.435 e. The van der Waals surface area contributed by atoms with Gasteiger partial charge in [0.25, 0.3) is 0 Å². The summed E-state index contributed by atoms with van der Waals surface area (Å²) < 4.78 is 27.7. The maximum atomic E-state index is 11.8. The lowest BCUT2D eigenvalue weighted by Gasteiger charge is -2.08. The summed E-state index contributed by atoms with van der Waals surface area (Å²) >= 11 is 0. The number of ether oxygens (including phenoxy) is 1. The highest BCUT2D eigenvalue weighted by Crippen LogP contribution is 2.20. The number of nitriles is 1. The van der Waals surface area contributed by atoms with E-state index in [0.717, 1.165) is 0 Å². The first-order valence-corrected chi connectivity index (χ1v) is 4.23. The Morgan fingerprint density at radius 3 is 2.40 bits per heavy atom. The Balaban J connectivity index is 2.68. The minimum Gasteiger partial charge on any atom is -0.435 e. The second-order valence-electron chi connectivity index (χ2n) is 2.83. The number of benzene rings is 1.